The third-order valence-corrected chi connectivity index (χ3v) is 3.40. The Morgan fingerprint density at radius 2 is 2.11 bits per heavy atom. The van der Waals surface area contributed by atoms with Crippen molar-refractivity contribution in [2.24, 2.45) is 0 Å². The third-order valence-electron chi connectivity index (χ3n) is 2.97. The van der Waals surface area contributed by atoms with E-state index in [1.807, 2.05) is 12.1 Å². The van der Waals surface area contributed by atoms with Gasteiger partial charge in [-0.05, 0) is 22.0 Å². The van der Waals surface area contributed by atoms with Gasteiger partial charge >= 0.3 is 0 Å². The standard InChI is InChI=1S/C13H13BrN2O2/c14-9-7-11-13(16-8-9)12(1-4-15-11)18-10-2-5-17-6-3-10/h1,4,7-8,10H,2-3,5-6H2. The number of hydrogen-bond donors (Lipinski definition) is 0. The van der Waals surface area contributed by atoms with Crippen molar-refractivity contribution in [3.63, 3.8) is 0 Å². The van der Waals surface area contributed by atoms with Crippen LogP contribution in [-0.4, -0.2) is 29.3 Å². The molecule has 1 aliphatic rings. The summed E-state index contributed by atoms with van der Waals surface area (Å²) in [7, 11) is 0. The van der Waals surface area contributed by atoms with Gasteiger partial charge in [-0.15, -0.1) is 0 Å². The summed E-state index contributed by atoms with van der Waals surface area (Å²) in [5.41, 5.74) is 1.65. The molecular weight excluding hydrogens is 296 g/mol. The average Bonchev–Trinajstić information content (AvgIpc) is 2.40. The van der Waals surface area contributed by atoms with Crippen LogP contribution in [0.2, 0.25) is 0 Å². The van der Waals surface area contributed by atoms with Crippen LogP contribution in [0.4, 0.5) is 0 Å². The van der Waals surface area contributed by atoms with E-state index in [2.05, 4.69) is 25.9 Å². The molecule has 0 aliphatic carbocycles. The average molecular weight is 309 g/mol. The normalized spacial score (nSPS) is 16.9. The molecule has 18 heavy (non-hydrogen) atoms. The maximum absolute atomic E-state index is 6.01. The number of rotatable bonds is 2. The Labute approximate surface area is 113 Å². The Morgan fingerprint density at radius 1 is 1.28 bits per heavy atom. The van der Waals surface area contributed by atoms with E-state index in [9.17, 15) is 0 Å². The maximum Gasteiger partial charge on any atom is 0.149 e. The van der Waals surface area contributed by atoms with Crippen molar-refractivity contribution in [2.75, 3.05) is 13.2 Å². The van der Waals surface area contributed by atoms with Gasteiger partial charge in [0.15, 0.2) is 0 Å². The Morgan fingerprint density at radius 3 is 2.94 bits per heavy atom. The summed E-state index contributed by atoms with van der Waals surface area (Å²) in [6, 6.07) is 3.82. The summed E-state index contributed by atoms with van der Waals surface area (Å²) in [6.07, 6.45) is 5.60. The predicted molar refractivity (Wildman–Crippen MR) is 71.7 cm³/mol. The molecule has 1 saturated heterocycles. The van der Waals surface area contributed by atoms with Gasteiger partial charge in [0.25, 0.3) is 0 Å². The highest BCUT2D eigenvalue weighted by atomic mass is 79.9. The zero-order valence-corrected chi connectivity index (χ0v) is 11.4. The first kappa shape index (κ1) is 11.9. The van der Waals surface area contributed by atoms with E-state index in [1.165, 1.54) is 0 Å². The molecule has 0 spiro atoms. The van der Waals surface area contributed by atoms with Crippen LogP contribution >= 0.6 is 15.9 Å². The number of nitrogens with zero attached hydrogens (tertiary/aromatic N) is 2. The van der Waals surface area contributed by atoms with E-state index in [-0.39, 0.29) is 6.10 Å². The van der Waals surface area contributed by atoms with E-state index < -0.39 is 0 Å². The van der Waals surface area contributed by atoms with Gasteiger partial charge in [0, 0.05) is 35.8 Å². The smallest absolute Gasteiger partial charge is 0.149 e. The number of halogens is 1. The second kappa shape index (κ2) is 5.20. The summed E-state index contributed by atoms with van der Waals surface area (Å²) in [6.45, 7) is 1.54. The minimum atomic E-state index is 0.217. The van der Waals surface area contributed by atoms with Crippen molar-refractivity contribution in [1.82, 2.24) is 9.97 Å². The zero-order chi connectivity index (χ0) is 12.4. The van der Waals surface area contributed by atoms with E-state index >= 15 is 0 Å². The van der Waals surface area contributed by atoms with Crippen molar-refractivity contribution >= 4 is 27.0 Å². The second-order valence-corrected chi connectivity index (χ2v) is 5.18. The first-order valence-corrected chi connectivity index (χ1v) is 6.77. The molecule has 1 fully saturated rings. The summed E-state index contributed by atoms with van der Waals surface area (Å²) >= 11 is 3.40. The minimum Gasteiger partial charge on any atom is -0.488 e. The molecule has 0 bridgehead atoms. The van der Waals surface area contributed by atoms with Gasteiger partial charge in [-0.3, -0.25) is 4.98 Å². The van der Waals surface area contributed by atoms with Crippen LogP contribution in [-0.2, 0) is 4.74 Å². The summed E-state index contributed by atoms with van der Waals surface area (Å²) in [4.78, 5) is 8.68. The van der Waals surface area contributed by atoms with Crippen molar-refractivity contribution < 1.29 is 9.47 Å². The number of aromatic nitrogens is 2. The van der Waals surface area contributed by atoms with Crippen LogP contribution in [0, 0.1) is 0 Å². The monoisotopic (exact) mass is 308 g/mol. The molecule has 2 aromatic rings. The molecule has 3 rings (SSSR count). The Hall–Kier alpha value is -1.20. The highest BCUT2D eigenvalue weighted by Crippen LogP contribution is 2.26. The first-order valence-electron chi connectivity index (χ1n) is 5.97. The minimum absolute atomic E-state index is 0.217. The molecule has 1 aliphatic heterocycles. The molecule has 0 radical (unpaired) electrons. The molecule has 0 unspecified atom stereocenters. The lowest BCUT2D eigenvalue weighted by atomic mass is 10.1. The van der Waals surface area contributed by atoms with E-state index in [1.54, 1.807) is 12.4 Å². The Balaban J connectivity index is 1.91. The van der Waals surface area contributed by atoms with Crippen LogP contribution < -0.4 is 4.74 Å². The van der Waals surface area contributed by atoms with Gasteiger partial charge in [-0.25, -0.2) is 4.98 Å². The maximum atomic E-state index is 6.01. The van der Waals surface area contributed by atoms with Crippen LogP contribution in [0.25, 0.3) is 11.0 Å². The number of ether oxygens (including phenoxy) is 2. The lowest BCUT2D eigenvalue weighted by Gasteiger charge is -2.23. The fourth-order valence-corrected chi connectivity index (χ4v) is 2.37. The summed E-state index contributed by atoms with van der Waals surface area (Å²) in [5, 5.41) is 0. The van der Waals surface area contributed by atoms with Crippen LogP contribution in [0.3, 0.4) is 0 Å². The van der Waals surface area contributed by atoms with Gasteiger partial charge < -0.3 is 9.47 Å². The fraction of sp³-hybridized carbons (Fsp3) is 0.385. The van der Waals surface area contributed by atoms with Gasteiger partial charge in [0.2, 0.25) is 0 Å². The quantitative estimate of drug-likeness (QED) is 0.855. The van der Waals surface area contributed by atoms with Crippen molar-refractivity contribution in [2.45, 2.75) is 18.9 Å². The molecule has 4 nitrogen and oxygen atoms in total. The fourth-order valence-electron chi connectivity index (χ4n) is 2.05. The van der Waals surface area contributed by atoms with Gasteiger partial charge in [0.1, 0.15) is 17.4 Å². The van der Waals surface area contributed by atoms with Crippen LogP contribution in [0.1, 0.15) is 12.8 Å². The number of fused-ring (bicyclic) bond motifs is 1. The SMILES string of the molecule is Brc1cnc2c(OC3CCOCC3)ccnc2c1. The largest absolute Gasteiger partial charge is 0.488 e. The molecular formula is C13H13BrN2O2. The molecule has 0 N–H and O–H groups in total. The molecule has 0 atom stereocenters. The van der Waals surface area contributed by atoms with Crippen molar-refractivity contribution in [1.29, 1.82) is 0 Å². The topological polar surface area (TPSA) is 44.2 Å². The van der Waals surface area contributed by atoms with E-state index in [0.717, 1.165) is 47.3 Å². The van der Waals surface area contributed by atoms with Gasteiger partial charge in [-0.1, -0.05) is 0 Å². The zero-order valence-electron chi connectivity index (χ0n) is 9.80. The number of hydrogen-bond acceptors (Lipinski definition) is 4. The van der Waals surface area contributed by atoms with Crippen LogP contribution in [0.15, 0.2) is 29.0 Å². The molecule has 0 saturated carbocycles. The van der Waals surface area contributed by atoms with Gasteiger partial charge in [-0.2, -0.15) is 0 Å². The highest BCUT2D eigenvalue weighted by Gasteiger charge is 2.16. The Kier molecular flexibility index (Phi) is 3.43. The lowest BCUT2D eigenvalue weighted by molar-refractivity contribution is 0.0261. The first-order chi connectivity index (χ1) is 8.83. The van der Waals surface area contributed by atoms with Crippen molar-refractivity contribution in [3.8, 4) is 5.75 Å². The van der Waals surface area contributed by atoms with E-state index in [4.69, 9.17) is 9.47 Å². The van der Waals surface area contributed by atoms with Gasteiger partial charge in [0.05, 0.1) is 18.7 Å². The van der Waals surface area contributed by atoms with Crippen LogP contribution in [0.5, 0.6) is 5.75 Å². The summed E-state index contributed by atoms with van der Waals surface area (Å²) in [5.74, 6) is 0.805. The second-order valence-electron chi connectivity index (χ2n) is 4.26. The molecule has 3 heterocycles. The molecule has 94 valence electrons. The summed E-state index contributed by atoms with van der Waals surface area (Å²) < 4.78 is 12.3. The highest BCUT2D eigenvalue weighted by molar-refractivity contribution is 9.10. The molecule has 5 heteroatoms. The lowest BCUT2D eigenvalue weighted by Crippen LogP contribution is -2.26. The molecule has 0 aromatic carbocycles. The molecule has 2 aromatic heterocycles. The van der Waals surface area contributed by atoms with E-state index in [0.29, 0.717) is 0 Å². The predicted octanol–water partition coefficient (Wildman–Crippen LogP) is 2.95. The number of pyridine rings is 2. The third kappa shape index (κ3) is 2.47. The Bertz CT molecular complexity index is 556. The molecule has 0 amide bonds. The van der Waals surface area contributed by atoms with Crippen molar-refractivity contribution in [3.05, 3.63) is 29.0 Å².